The molecule has 0 spiro atoms. The second-order valence-corrected chi connectivity index (χ2v) is 4.62. The van der Waals surface area contributed by atoms with E-state index in [9.17, 15) is 4.39 Å². The second kappa shape index (κ2) is 5.81. The first-order valence-electron chi connectivity index (χ1n) is 6.45. The van der Waals surface area contributed by atoms with Crippen LogP contribution in [0, 0.1) is 12.7 Å². The fourth-order valence-corrected chi connectivity index (χ4v) is 1.77. The van der Waals surface area contributed by atoms with Gasteiger partial charge in [-0.2, -0.15) is 15.0 Å². The van der Waals surface area contributed by atoms with Crippen LogP contribution in [0.2, 0.25) is 0 Å². The van der Waals surface area contributed by atoms with Gasteiger partial charge in [-0.3, -0.25) is 0 Å². The van der Waals surface area contributed by atoms with Gasteiger partial charge in [0.1, 0.15) is 5.82 Å². The maximum absolute atomic E-state index is 13.7. The molecule has 1 aromatic heterocycles. The smallest absolute Gasteiger partial charge is 0.230 e. The van der Waals surface area contributed by atoms with Crippen LogP contribution in [0.15, 0.2) is 18.2 Å². The number of nitrogens with one attached hydrogen (secondary N) is 1. The van der Waals surface area contributed by atoms with Crippen molar-refractivity contribution in [2.45, 2.75) is 13.8 Å². The van der Waals surface area contributed by atoms with Crippen molar-refractivity contribution >= 4 is 11.9 Å². The standard InChI is InChI=1S/C14H18FN5/c1-5-16-13-17-12(18-14(19-13)20(3)4)10-7-6-8-11(15)9(10)2/h6-8H,5H2,1-4H3,(H,16,17,18,19). The van der Waals surface area contributed by atoms with Crippen molar-refractivity contribution in [3.05, 3.63) is 29.6 Å². The number of anilines is 2. The molecule has 20 heavy (non-hydrogen) atoms. The SMILES string of the molecule is CCNc1nc(-c2cccc(F)c2C)nc(N(C)C)n1. The second-order valence-electron chi connectivity index (χ2n) is 4.62. The molecule has 0 atom stereocenters. The normalized spacial score (nSPS) is 10.4. The molecular formula is C14H18FN5. The minimum absolute atomic E-state index is 0.265. The molecule has 1 N–H and O–H groups in total. The highest BCUT2D eigenvalue weighted by atomic mass is 19.1. The highest BCUT2D eigenvalue weighted by Crippen LogP contribution is 2.24. The monoisotopic (exact) mass is 275 g/mol. The molecule has 0 bridgehead atoms. The van der Waals surface area contributed by atoms with Crippen LogP contribution in [0.5, 0.6) is 0 Å². The molecule has 106 valence electrons. The summed E-state index contributed by atoms with van der Waals surface area (Å²) in [6.07, 6.45) is 0. The maximum atomic E-state index is 13.7. The van der Waals surface area contributed by atoms with Gasteiger partial charge < -0.3 is 10.2 Å². The molecule has 5 nitrogen and oxygen atoms in total. The Kier molecular flexibility index (Phi) is 4.12. The highest BCUT2D eigenvalue weighted by molar-refractivity contribution is 5.62. The van der Waals surface area contributed by atoms with Gasteiger partial charge in [0.25, 0.3) is 0 Å². The van der Waals surface area contributed by atoms with E-state index in [-0.39, 0.29) is 5.82 Å². The Morgan fingerprint density at radius 1 is 1.20 bits per heavy atom. The van der Waals surface area contributed by atoms with Crippen molar-refractivity contribution in [3.63, 3.8) is 0 Å². The topological polar surface area (TPSA) is 53.9 Å². The fraction of sp³-hybridized carbons (Fsp3) is 0.357. The summed E-state index contributed by atoms with van der Waals surface area (Å²) in [5, 5.41) is 3.06. The van der Waals surface area contributed by atoms with Gasteiger partial charge in [0.05, 0.1) is 0 Å². The van der Waals surface area contributed by atoms with Crippen molar-refractivity contribution < 1.29 is 4.39 Å². The lowest BCUT2D eigenvalue weighted by atomic mass is 10.1. The number of nitrogens with zero attached hydrogens (tertiary/aromatic N) is 4. The lowest BCUT2D eigenvalue weighted by Gasteiger charge is -2.14. The summed E-state index contributed by atoms with van der Waals surface area (Å²) in [4.78, 5) is 14.8. The van der Waals surface area contributed by atoms with Crippen molar-refractivity contribution in [1.82, 2.24) is 15.0 Å². The minimum Gasteiger partial charge on any atom is -0.354 e. The van der Waals surface area contributed by atoms with Crippen LogP contribution < -0.4 is 10.2 Å². The Bertz CT molecular complexity index is 613. The van der Waals surface area contributed by atoms with E-state index in [4.69, 9.17) is 0 Å². The van der Waals surface area contributed by atoms with E-state index >= 15 is 0 Å². The molecule has 0 unspecified atom stereocenters. The summed E-state index contributed by atoms with van der Waals surface area (Å²) in [5.41, 5.74) is 1.21. The van der Waals surface area contributed by atoms with Crippen LogP contribution in [0.1, 0.15) is 12.5 Å². The van der Waals surface area contributed by atoms with Gasteiger partial charge >= 0.3 is 0 Å². The first-order chi connectivity index (χ1) is 9.52. The van der Waals surface area contributed by atoms with E-state index in [1.165, 1.54) is 6.07 Å². The lowest BCUT2D eigenvalue weighted by Crippen LogP contribution is -2.16. The van der Waals surface area contributed by atoms with Crippen molar-refractivity contribution in [1.29, 1.82) is 0 Å². The van der Waals surface area contributed by atoms with Gasteiger partial charge in [0.2, 0.25) is 11.9 Å². The van der Waals surface area contributed by atoms with Crippen LogP contribution in [0.3, 0.4) is 0 Å². The number of benzene rings is 1. The number of hydrogen-bond donors (Lipinski definition) is 1. The molecule has 0 fully saturated rings. The molecule has 0 aliphatic heterocycles. The van der Waals surface area contributed by atoms with Crippen LogP contribution in [0.4, 0.5) is 16.3 Å². The van der Waals surface area contributed by atoms with Gasteiger partial charge in [0, 0.05) is 26.2 Å². The molecule has 2 rings (SSSR count). The Balaban J connectivity index is 2.57. The zero-order chi connectivity index (χ0) is 14.7. The molecule has 0 saturated heterocycles. The predicted octanol–water partition coefficient (Wildman–Crippen LogP) is 2.48. The predicted molar refractivity (Wildman–Crippen MR) is 78.4 cm³/mol. The number of aromatic nitrogens is 3. The third-order valence-electron chi connectivity index (χ3n) is 2.87. The van der Waals surface area contributed by atoms with E-state index in [0.29, 0.717) is 35.4 Å². The van der Waals surface area contributed by atoms with E-state index < -0.39 is 0 Å². The van der Waals surface area contributed by atoms with Crippen molar-refractivity contribution in [2.24, 2.45) is 0 Å². The van der Waals surface area contributed by atoms with E-state index in [1.54, 1.807) is 17.9 Å². The highest BCUT2D eigenvalue weighted by Gasteiger charge is 2.13. The molecule has 2 aromatic rings. The Morgan fingerprint density at radius 3 is 2.60 bits per heavy atom. The van der Waals surface area contributed by atoms with E-state index in [0.717, 1.165) is 0 Å². The fourth-order valence-electron chi connectivity index (χ4n) is 1.77. The van der Waals surface area contributed by atoms with Crippen molar-refractivity contribution in [3.8, 4) is 11.4 Å². The third-order valence-corrected chi connectivity index (χ3v) is 2.87. The van der Waals surface area contributed by atoms with Crippen LogP contribution >= 0.6 is 0 Å². The van der Waals surface area contributed by atoms with Crippen LogP contribution in [-0.4, -0.2) is 35.6 Å². The van der Waals surface area contributed by atoms with Crippen molar-refractivity contribution in [2.75, 3.05) is 30.9 Å². The average molecular weight is 275 g/mol. The first kappa shape index (κ1) is 14.2. The van der Waals surface area contributed by atoms with Gasteiger partial charge in [-0.05, 0) is 25.5 Å². The summed E-state index contributed by atoms with van der Waals surface area (Å²) in [6, 6.07) is 4.89. The largest absolute Gasteiger partial charge is 0.354 e. The average Bonchev–Trinajstić information content (AvgIpc) is 2.42. The lowest BCUT2D eigenvalue weighted by molar-refractivity contribution is 0.619. The third kappa shape index (κ3) is 2.84. The van der Waals surface area contributed by atoms with Gasteiger partial charge in [-0.1, -0.05) is 12.1 Å². The Hall–Kier alpha value is -2.24. The molecule has 0 amide bonds. The quantitative estimate of drug-likeness (QED) is 0.929. The molecule has 0 aliphatic rings. The molecule has 1 heterocycles. The van der Waals surface area contributed by atoms with Crippen LogP contribution in [-0.2, 0) is 0 Å². The first-order valence-corrected chi connectivity index (χ1v) is 6.45. The van der Waals surface area contributed by atoms with Gasteiger partial charge in [-0.15, -0.1) is 0 Å². The summed E-state index contributed by atoms with van der Waals surface area (Å²) in [6.45, 7) is 4.39. The Labute approximate surface area is 117 Å². The molecule has 0 radical (unpaired) electrons. The summed E-state index contributed by atoms with van der Waals surface area (Å²) >= 11 is 0. The van der Waals surface area contributed by atoms with E-state index in [1.807, 2.05) is 27.1 Å². The van der Waals surface area contributed by atoms with Crippen LogP contribution in [0.25, 0.3) is 11.4 Å². The molecule has 6 heteroatoms. The summed E-state index contributed by atoms with van der Waals surface area (Å²) in [7, 11) is 3.71. The van der Waals surface area contributed by atoms with Gasteiger partial charge in [-0.25, -0.2) is 4.39 Å². The zero-order valence-electron chi connectivity index (χ0n) is 12.1. The summed E-state index contributed by atoms with van der Waals surface area (Å²) < 4.78 is 13.7. The number of halogens is 1. The van der Waals surface area contributed by atoms with E-state index in [2.05, 4.69) is 20.3 Å². The molecule has 0 aliphatic carbocycles. The molecule has 0 saturated carbocycles. The number of rotatable bonds is 4. The zero-order valence-corrected chi connectivity index (χ0v) is 12.1. The Morgan fingerprint density at radius 2 is 1.95 bits per heavy atom. The maximum Gasteiger partial charge on any atom is 0.230 e. The number of hydrogen-bond acceptors (Lipinski definition) is 5. The minimum atomic E-state index is -0.265. The van der Waals surface area contributed by atoms with Gasteiger partial charge in [0.15, 0.2) is 5.82 Å². The molecule has 1 aromatic carbocycles. The summed E-state index contributed by atoms with van der Waals surface area (Å²) in [5.74, 6) is 1.23. The molecular weight excluding hydrogens is 257 g/mol.